The molecular weight excluding hydrogens is 424 g/mol. The van der Waals surface area contributed by atoms with Crippen LogP contribution in [0.5, 0.6) is 0 Å². The SMILES string of the molecule is CC(C)c1cnn2c(NCc3ccc(-c4ccsc4)cc3)nc(N[C@@H](CO)[C@H](C)O)nc12. The highest BCUT2D eigenvalue weighted by atomic mass is 32.1. The lowest BCUT2D eigenvalue weighted by atomic mass is 10.1. The van der Waals surface area contributed by atoms with Crippen molar-refractivity contribution in [1.82, 2.24) is 19.6 Å². The van der Waals surface area contributed by atoms with Crippen LogP contribution in [0.2, 0.25) is 0 Å². The maximum atomic E-state index is 9.89. The van der Waals surface area contributed by atoms with Crippen molar-refractivity contribution in [2.45, 2.75) is 45.4 Å². The average molecular weight is 453 g/mol. The van der Waals surface area contributed by atoms with Gasteiger partial charge >= 0.3 is 0 Å². The van der Waals surface area contributed by atoms with Gasteiger partial charge in [0.1, 0.15) is 0 Å². The number of benzene rings is 1. The number of aromatic nitrogens is 4. The zero-order valence-corrected chi connectivity index (χ0v) is 19.2. The summed E-state index contributed by atoms with van der Waals surface area (Å²) in [7, 11) is 0. The Morgan fingerprint density at radius 1 is 1.06 bits per heavy atom. The highest BCUT2D eigenvalue weighted by Crippen LogP contribution is 2.24. The molecule has 0 saturated carbocycles. The van der Waals surface area contributed by atoms with E-state index in [4.69, 9.17) is 0 Å². The molecule has 0 aliphatic carbocycles. The Labute approximate surface area is 191 Å². The lowest BCUT2D eigenvalue weighted by molar-refractivity contribution is 0.132. The van der Waals surface area contributed by atoms with Crippen LogP contribution in [0.3, 0.4) is 0 Å². The van der Waals surface area contributed by atoms with Crippen LogP contribution in [0.15, 0.2) is 47.3 Å². The monoisotopic (exact) mass is 452 g/mol. The molecule has 0 radical (unpaired) electrons. The molecule has 0 fully saturated rings. The van der Waals surface area contributed by atoms with Crippen molar-refractivity contribution in [3.8, 4) is 11.1 Å². The molecule has 0 aliphatic rings. The van der Waals surface area contributed by atoms with Gasteiger partial charge in [0.15, 0.2) is 5.65 Å². The molecule has 3 heterocycles. The summed E-state index contributed by atoms with van der Waals surface area (Å²) in [5, 5.41) is 34.5. The molecule has 8 nitrogen and oxygen atoms in total. The molecule has 4 N–H and O–H groups in total. The van der Waals surface area contributed by atoms with Crippen molar-refractivity contribution >= 4 is 28.9 Å². The van der Waals surface area contributed by atoms with Crippen LogP contribution in [-0.2, 0) is 6.54 Å². The van der Waals surface area contributed by atoms with Gasteiger partial charge in [-0.05, 0) is 46.4 Å². The normalized spacial score (nSPS) is 13.4. The van der Waals surface area contributed by atoms with E-state index in [1.54, 1.807) is 29.0 Å². The van der Waals surface area contributed by atoms with E-state index in [1.807, 2.05) is 0 Å². The molecular formula is C23H28N6O2S. The van der Waals surface area contributed by atoms with Gasteiger partial charge in [-0.2, -0.15) is 30.9 Å². The molecule has 0 amide bonds. The van der Waals surface area contributed by atoms with E-state index in [0.717, 1.165) is 11.1 Å². The Kier molecular flexibility index (Phi) is 6.69. The number of aliphatic hydroxyl groups excluding tert-OH is 2. The minimum Gasteiger partial charge on any atom is -0.394 e. The summed E-state index contributed by atoms with van der Waals surface area (Å²) < 4.78 is 1.69. The van der Waals surface area contributed by atoms with Crippen LogP contribution in [0.4, 0.5) is 11.9 Å². The largest absolute Gasteiger partial charge is 0.394 e. The molecule has 2 atom stereocenters. The molecule has 3 aromatic heterocycles. The molecule has 9 heteroatoms. The number of hydrogen-bond donors (Lipinski definition) is 4. The summed E-state index contributed by atoms with van der Waals surface area (Å²) in [4.78, 5) is 9.16. The lowest BCUT2D eigenvalue weighted by Gasteiger charge is -2.19. The standard InChI is InChI=1S/C23H28N6O2S/c1-14(2)19-11-25-29-21(19)27-22(26-20(12-30)15(3)31)28-23(29)24-10-16-4-6-17(7-5-16)18-8-9-32-13-18/h4-9,11,13-15,20,30-31H,10,12H2,1-3H3,(H2,24,26,27,28)/t15-,20-/m0/s1. The van der Waals surface area contributed by atoms with Gasteiger partial charge in [0, 0.05) is 12.1 Å². The molecule has 4 rings (SSSR count). The number of thiophene rings is 1. The third-order valence-electron chi connectivity index (χ3n) is 5.37. The zero-order chi connectivity index (χ0) is 22.7. The Bertz CT molecular complexity index is 1160. The van der Waals surface area contributed by atoms with E-state index in [1.165, 1.54) is 11.1 Å². The second-order valence-corrected chi connectivity index (χ2v) is 8.88. The number of nitrogens with zero attached hydrogens (tertiary/aromatic N) is 4. The second-order valence-electron chi connectivity index (χ2n) is 8.10. The van der Waals surface area contributed by atoms with Crippen molar-refractivity contribution in [3.05, 3.63) is 58.4 Å². The number of rotatable bonds is 9. The van der Waals surface area contributed by atoms with Gasteiger partial charge < -0.3 is 20.8 Å². The number of aliphatic hydroxyl groups is 2. The minimum absolute atomic E-state index is 0.234. The second kappa shape index (κ2) is 9.64. The fraction of sp³-hybridized carbons (Fsp3) is 0.348. The Morgan fingerprint density at radius 3 is 2.47 bits per heavy atom. The number of hydrogen-bond acceptors (Lipinski definition) is 8. The van der Waals surface area contributed by atoms with Crippen molar-refractivity contribution in [2.75, 3.05) is 17.2 Å². The van der Waals surface area contributed by atoms with Crippen LogP contribution in [0, 0.1) is 0 Å². The van der Waals surface area contributed by atoms with Gasteiger partial charge in [-0.1, -0.05) is 38.1 Å². The highest BCUT2D eigenvalue weighted by molar-refractivity contribution is 7.08. The molecule has 0 aliphatic heterocycles. The van der Waals surface area contributed by atoms with Crippen LogP contribution >= 0.6 is 11.3 Å². The summed E-state index contributed by atoms with van der Waals surface area (Å²) >= 11 is 1.69. The lowest BCUT2D eigenvalue weighted by Crippen LogP contribution is -2.35. The molecule has 0 unspecified atom stereocenters. The van der Waals surface area contributed by atoms with Crippen molar-refractivity contribution in [1.29, 1.82) is 0 Å². The van der Waals surface area contributed by atoms with Crippen molar-refractivity contribution in [3.63, 3.8) is 0 Å². The first-order valence-electron chi connectivity index (χ1n) is 10.6. The predicted molar refractivity (Wildman–Crippen MR) is 128 cm³/mol. The molecule has 32 heavy (non-hydrogen) atoms. The van der Waals surface area contributed by atoms with Gasteiger partial charge in [-0.3, -0.25) is 0 Å². The summed E-state index contributed by atoms with van der Waals surface area (Å²) in [5.74, 6) is 1.10. The number of anilines is 2. The molecule has 1 aromatic carbocycles. The summed E-state index contributed by atoms with van der Waals surface area (Å²) in [6, 6.07) is 9.95. The van der Waals surface area contributed by atoms with Gasteiger partial charge in [-0.15, -0.1) is 0 Å². The van der Waals surface area contributed by atoms with Crippen LogP contribution < -0.4 is 10.6 Å². The van der Waals surface area contributed by atoms with E-state index in [9.17, 15) is 10.2 Å². The van der Waals surface area contributed by atoms with E-state index in [2.05, 4.69) is 80.6 Å². The van der Waals surface area contributed by atoms with Crippen molar-refractivity contribution in [2.24, 2.45) is 0 Å². The maximum absolute atomic E-state index is 9.89. The topological polar surface area (TPSA) is 108 Å². The van der Waals surface area contributed by atoms with Crippen LogP contribution in [0.1, 0.15) is 37.8 Å². The van der Waals surface area contributed by atoms with Crippen molar-refractivity contribution < 1.29 is 10.2 Å². The van der Waals surface area contributed by atoms with Crippen LogP contribution in [0.25, 0.3) is 16.8 Å². The Balaban J connectivity index is 1.60. The van der Waals surface area contributed by atoms with E-state index in [0.29, 0.717) is 24.1 Å². The molecule has 4 aromatic rings. The highest BCUT2D eigenvalue weighted by Gasteiger charge is 2.19. The van der Waals surface area contributed by atoms with Gasteiger partial charge in [0.2, 0.25) is 11.9 Å². The summed E-state index contributed by atoms with van der Waals surface area (Å²) in [6.45, 7) is 6.11. The Hall–Kier alpha value is -3.01. The number of nitrogens with one attached hydrogen (secondary N) is 2. The van der Waals surface area contributed by atoms with E-state index >= 15 is 0 Å². The molecule has 0 spiro atoms. The van der Waals surface area contributed by atoms with E-state index < -0.39 is 12.1 Å². The quantitative estimate of drug-likeness (QED) is 0.306. The smallest absolute Gasteiger partial charge is 0.229 e. The number of fused-ring (bicyclic) bond motifs is 1. The summed E-state index contributed by atoms with van der Waals surface area (Å²) in [5.41, 5.74) is 5.20. The third-order valence-corrected chi connectivity index (χ3v) is 6.05. The third kappa shape index (κ3) is 4.74. The van der Waals surface area contributed by atoms with Gasteiger partial charge in [0.25, 0.3) is 0 Å². The van der Waals surface area contributed by atoms with E-state index in [-0.39, 0.29) is 12.5 Å². The average Bonchev–Trinajstić information content (AvgIpc) is 3.46. The first-order valence-corrected chi connectivity index (χ1v) is 11.6. The fourth-order valence-corrected chi connectivity index (χ4v) is 4.06. The van der Waals surface area contributed by atoms with Crippen LogP contribution in [-0.4, -0.2) is 48.5 Å². The fourth-order valence-electron chi connectivity index (χ4n) is 3.39. The molecule has 0 bridgehead atoms. The van der Waals surface area contributed by atoms with Gasteiger partial charge in [0.05, 0.1) is 24.9 Å². The predicted octanol–water partition coefficient (Wildman–Crippen LogP) is 3.74. The first-order chi connectivity index (χ1) is 15.5. The molecule has 0 saturated heterocycles. The van der Waals surface area contributed by atoms with Gasteiger partial charge in [-0.25, -0.2) is 0 Å². The maximum Gasteiger partial charge on any atom is 0.229 e. The zero-order valence-electron chi connectivity index (χ0n) is 18.4. The molecule has 168 valence electrons. The minimum atomic E-state index is -0.757. The first kappa shape index (κ1) is 22.2. The summed E-state index contributed by atoms with van der Waals surface area (Å²) in [6.07, 6.45) is 1.05. The Morgan fingerprint density at radius 2 is 1.84 bits per heavy atom.